The van der Waals surface area contributed by atoms with Crippen molar-refractivity contribution in [3.63, 3.8) is 0 Å². The molecule has 3 aromatic rings. The molecule has 28 heavy (non-hydrogen) atoms. The summed E-state index contributed by atoms with van der Waals surface area (Å²) in [5, 5.41) is 13.3. The number of nitrogens with one attached hydrogen (secondary N) is 2. The van der Waals surface area contributed by atoms with Crippen molar-refractivity contribution < 1.29 is 13.1 Å². The smallest absolute Gasteiger partial charge is 0.300 e. The van der Waals surface area contributed by atoms with Crippen molar-refractivity contribution in [3.8, 4) is 0 Å². The maximum atomic E-state index is 12.9. The maximum absolute atomic E-state index is 12.9. The van der Waals surface area contributed by atoms with E-state index in [4.69, 9.17) is 11.6 Å². The SMILES string of the molecule is CC(=O)c1c(NCc2ccc(Br)cc2)[nH]c2c(N(O)I=O)cc(Cl)cc2c1=O. The van der Waals surface area contributed by atoms with Crippen molar-refractivity contribution in [2.24, 2.45) is 0 Å². The van der Waals surface area contributed by atoms with Gasteiger partial charge >= 0.3 is 0 Å². The second kappa shape index (κ2) is 8.68. The van der Waals surface area contributed by atoms with Crippen LogP contribution in [0.1, 0.15) is 22.8 Å². The number of aromatic nitrogens is 1. The van der Waals surface area contributed by atoms with E-state index in [1.807, 2.05) is 24.3 Å². The van der Waals surface area contributed by atoms with Crippen molar-refractivity contribution in [1.82, 2.24) is 4.98 Å². The minimum Gasteiger partial charge on any atom is -0.367 e. The van der Waals surface area contributed by atoms with Gasteiger partial charge in [0.2, 0.25) is 5.43 Å². The molecule has 0 unspecified atom stereocenters. The molecule has 10 heteroatoms. The van der Waals surface area contributed by atoms with Crippen LogP contribution in [0.5, 0.6) is 0 Å². The first-order valence-electron chi connectivity index (χ1n) is 7.97. The molecule has 0 bridgehead atoms. The molecule has 1 aromatic heterocycles. The second-order valence-electron chi connectivity index (χ2n) is 5.92. The molecule has 3 N–H and O–H groups in total. The monoisotopic (exact) mass is 577 g/mol. The Hall–Kier alpha value is -1.82. The quantitative estimate of drug-likeness (QED) is 0.161. The summed E-state index contributed by atoms with van der Waals surface area (Å²) < 4.78 is 12.7. The van der Waals surface area contributed by atoms with E-state index < -0.39 is 32.7 Å². The van der Waals surface area contributed by atoms with Crippen LogP contribution >= 0.6 is 49.0 Å². The first-order chi connectivity index (χ1) is 13.3. The fourth-order valence-electron chi connectivity index (χ4n) is 2.78. The molecule has 0 amide bonds. The Morgan fingerprint density at radius 3 is 2.61 bits per heavy atom. The topological polar surface area (TPSA) is 102 Å². The minimum absolute atomic E-state index is 0.0425. The van der Waals surface area contributed by atoms with Crippen molar-refractivity contribution in [3.05, 3.63) is 67.2 Å². The Morgan fingerprint density at radius 1 is 1.32 bits per heavy atom. The predicted octanol–water partition coefficient (Wildman–Crippen LogP) is 5.19. The third kappa shape index (κ3) is 4.27. The van der Waals surface area contributed by atoms with Gasteiger partial charge in [0.1, 0.15) is 17.1 Å². The Bertz CT molecular complexity index is 1130. The van der Waals surface area contributed by atoms with Crippen LogP contribution in [0.25, 0.3) is 10.9 Å². The van der Waals surface area contributed by atoms with E-state index in [0.29, 0.717) is 9.82 Å². The lowest BCUT2D eigenvalue weighted by molar-refractivity contribution is 0.101. The minimum atomic E-state index is -1.94. The number of halogens is 3. The molecule has 0 spiro atoms. The molecular formula is C18H14BrClIN3O4. The lowest BCUT2D eigenvalue weighted by Gasteiger charge is -2.16. The van der Waals surface area contributed by atoms with E-state index in [-0.39, 0.29) is 33.0 Å². The summed E-state index contributed by atoms with van der Waals surface area (Å²) in [6.07, 6.45) is 0. The molecule has 0 saturated heterocycles. The molecule has 0 atom stereocenters. The number of aromatic amines is 1. The number of rotatable bonds is 6. The zero-order valence-corrected chi connectivity index (χ0v) is 18.9. The molecule has 2 aromatic carbocycles. The number of Topliss-reactive ketones (excluding diaryl/α,β-unsaturated/α-hetero) is 1. The van der Waals surface area contributed by atoms with E-state index in [9.17, 15) is 17.9 Å². The zero-order valence-electron chi connectivity index (χ0n) is 14.4. The van der Waals surface area contributed by atoms with Gasteiger partial charge in [-0.05, 0) is 36.8 Å². The van der Waals surface area contributed by atoms with Gasteiger partial charge in [0, 0.05) is 16.0 Å². The van der Waals surface area contributed by atoms with Crippen LogP contribution < -0.4 is 14.0 Å². The van der Waals surface area contributed by atoms with Crippen molar-refractivity contribution in [2.75, 3.05) is 8.59 Å². The van der Waals surface area contributed by atoms with Crippen molar-refractivity contribution >= 4 is 77.2 Å². The van der Waals surface area contributed by atoms with Gasteiger partial charge in [0.05, 0.1) is 10.9 Å². The van der Waals surface area contributed by atoms with Crippen LogP contribution in [0, 0.1) is 0 Å². The van der Waals surface area contributed by atoms with E-state index >= 15 is 0 Å². The van der Waals surface area contributed by atoms with E-state index in [2.05, 4.69) is 26.2 Å². The number of carbonyl (C=O) groups excluding carboxylic acids is 1. The first-order valence-corrected chi connectivity index (χ1v) is 11.0. The largest absolute Gasteiger partial charge is 0.367 e. The molecule has 7 nitrogen and oxygen atoms in total. The average molecular weight is 579 g/mol. The Labute approximate surface area is 183 Å². The highest BCUT2D eigenvalue weighted by atomic mass is 127. The number of pyridine rings is 1. The average Bonchev–Trinajstić information content (AvgIpc) is 2.66. The summed E-state index contributed by atoms with van der Waals surface area (Å²) in [5.74, 6) is -0.200. The summed E-state index contributed by atoms with van der Waals surface area (Å²) in [6.45, 7) is 1.66. The number of nitrogens with zero attached hydrogens (tertiary/aromatic N) is 1. The van der Waals surface area contributed by atoms with Crippen LogP contribution in [0.2, 0.25) is 5.02 Å². The van der Waals surface area contributed by atoms with Crippen molar-refractivity contribution in [2.45, 2.75) is 13.5 Å². The standard InChI is InChI=1S/C18H14BrClIN3O4/c1-9(25)15-17(26)13-6-12(20)7-14(24(28)21-27)16(13)23-18(15)22-8-10-2-4-11(19)5-3-10/h2-7,28H,8H2,1H3,(H2,22,23,26). The summed E-state index contributed by atoms with van der Waals surface area (Å²) in [7, 11) is 0. The van der Waals surface area contributed by atoms with Gasteiger partial charge in [0.25, 0.3) is 21.5 Å². The molecule has 1 heterocycles. The number of carbonyl (C=O) groups is 1. The van der Waals surface area contributed by atoms with Crippen LogP contribution in [0.3, 0.4) is 0 Å². The van der Waals surface area contributed by atoms with E-state index in [0.717, 1.165) is 10.0 Å². The lowest BCUT2D eigenvalue weighted by Crippen LogP contribution is -2.20. The van der Waals surface area contributed by atoms with Gasteiger partial charge in [-0.3, -0.25) is 14.8 Å². The fraction of sp³-hybridized carbons (Fsp3) is 0.111. The summed E-state index contributed by atoms with van der Waals surface area (Å²) in [6, 6.07) is 10.4. The molecule has 0 aliphatic heterocycles. The van der Waals surface area contributed by atoms with Gasteiger partial charge in [-0.15, -0.1) is 0 Å². The Kier molecular flexibility index (Phi) is 6.48. The molecular weight excluding hydrogens is 564 g/mol. The molecule has 0 radical (unpaired) electrons. The first kappa shape index (κ1) is 20.9. The third-order valence-electron chi connectivity index (χ3n) is 4.05. The number of anilines is 2. The fourth-order valence-corrected chi connectivity index (χ4v) is 3.85. The molecule has 0 aliphatic carbocycles. The van der Waals surface area contributed by atoms with Crippen molar-refractivity contribution in [1.29, 1.82) is 0 Å². The molecule has 146 valence electrons. The van der Waals surface area contributed by atoms with Gasteiger partial charge in [0.15, 0.2) is 5.78 Å². The third-order valence-corrected chi connectivity index (χ3v) is 5.69. The second-order valence-corrected chi connectivity index (χ2v) is 8.58. The zero-order chi connectivity index (χ0) is 20.4. The van der Waals surface area contributed by atoms with Crippen LogP contribution in [-0.4, -0.2) is 16.0 Å². The normalized spacial score (nSPS) is 10.9. The predicted molar refractivity (Wildman–Crippen MR) is 120 cm³/mol. The maximum Gasteiger partial charge on any atom is 0.300 e. The highest BCUT2D eigenvalue weighted by molar-refractivity contribution is 14.1. The molecule has 0 aliphatic rings. The lowest BCUT2D eigenvalue weighted by atomic mass is 10.1. The number of fused-ring (bicyclic) bond motifs is 1. The van der Waals surface area contributed by atoms with Gasteiger partial charge < -0.3 is 10.3 Å². The van der Waals surface area contributed by atoms with Gasteiger partial charge in [-0.2, -0.15) is 3.28 Å². The van der Waals surface area contributed by atoms with Crippen LogP contribution in [0.15, 0.2) is 45.7 Å². The number of hydrogen-bond acceptors (Lipinski definition) is 5. The van der Waals surface area contributed by atoms with Gasteiger partial charge in [-0.25, -0.2) is 3.07 Å². The highest BCUT2D eigenvalue weighted by Crippen LogP contribution is 2.32. The number of hydrogen-bond donors (Lipinski definition) is 3. The highest BCUT2D eigenvalue weighted by Gasteiger charge is 2.20. The van der Waals surface area contributed by atoms with Crippen LogP contribution in [-0.2, 0) is 9.61 Å². The van der Waals surface area contributed by atoms with E-state index in [1.165, 1.54) is 19.1 Å². The van der Waals surface area contributed by atoms with Gasteiger partial charge in [-0.1, -0.05) is 39.7 Å². The Balaban J connectivity index is 2.17. The summed E-state index contributed by atoms with van der Waals surface area (Å²) >= 11 is 7.46. The van der Waals surface area contributed by atoms with E-state index in [1.54, 1.807) is 0 Å². The van der Waals surface area contributed by atoms with Crippen LogP contribution in [0.4, 0.5) is 11.5 Å². The summed E-state index contributed by atoms with van der Waals surface area (Å²) in [4.78, 5) is 28.1. The number of benzene rings is 2. The number of H-pyrrole nitrogens is 1. The summed E-state index contributed by atoms with van der Waals surface area (Å²) in [5.41, 5.74) is 0.698. The molecule has 0 fully saturated rings. The number of ketones is 1. The molecule has 0 saturated carbocycles. The molecule has 3 rings (SSSR count). The Morgan fingerprint density at radius 2 is 2.00 bits per heavy atom.